The zero-order chi connectivity index (χ0) is 15.7. The molecule has 0 unspecified atom stereocenters. The summed E-state index contributed by atoms with van der Waals surface area (Å²) in [6.45, 7) is 5.78. The summed E-state index contributed by atoms with van der Waals surface area (Å²) in [7, 11) is 0. The fourth-order valence-corrected chi connectivity index (χ4v) is 3.20. The van der Waals surface area contributed by atoms with Gasteiger partial charge in [-0.25, -0.2) is 0 Å². The fraction of sp³-hybridized carbons (Fsp3) is 0.444. The summed E-state index contributed by atoms with van der Waals surface area (Å²) in [5, 5.41) is 7.14. The van der Waals surface area contributed by atoms with E-state index in [9.17, 15) is 4.79 Å². The summed E-state index contributed by atoms with van der Waals surface area (Å²) in [5.74, 6) is 0.837. The Kier molecular flexibility index (Phi) is 4.01. The second-order valence-corrected chi connectivity index (χ2v) is 6.29. The van der Waals surface area contributed by atoms with Crippen molar-refractivity contribution < 1.29 is 9.32 Å². The summed E-state index contributed by atoms with van der Waals surface area (Å²) in [5.41, 5.74) is 4.64. The lowest BCUT2D eigenvalue weighted by Crippen LogP contribution is -2.39. The van der Waals surface area contributed by atoms with Crippen LogP contribution in [0.2, 0.25) is 0 Å². The number of aromatic nitrogens is 1. The molecule has 0 fully saturated rings. The molecule has 1 N–H and O–H groups in total. The van der Waals surface area contributed by atoms with Gasteiger partial charge in [-0.1, -0.05) is 36.3 Å². The van der Waals surface area contributed by atoms with Gasteiger partial charge in [-0.05, 0) is 44.2 Å². The van der Waals surface area contributed by atoms with Gasteiger partial charge in [0, 0.05) is 17.5 Å². The average molecular weight is 298 g/mol. The second kappa shape index (κ2) is 5.95. The van der Waals surface area contributed by atoms with E-state index in [4.69, 9.17) is 4.52 Å². The molecular formula is C18H22N2O2. The van der Waals surface area contributed by atoms with E-state index < -0.39 is 0 Å². The SMILES string of the molecule is Cc1noc(C)c1C[C@@H](C)C(=O)NC1Cc2ccccc2C1. The van der Waals surface area contributed by atoms with Crippen LogP contribution in [-0.2, 0) is 24.1 Å². The number of hydrogen-bond donors (Lipinski definition) is 1. The molecule has 1 heterocycles. The van der Waals surface area contributed by atoms with Gasteiger partial charge in [0.1, 0.15) is 5.76 Å². The summed E-state index contributed by atoms with van der Waals surface area (Å²) in [4.78, 5) is 12.4. The number of aryl methyl sites for hydroxylation is 2. The van der Waals surface area contributed by atoms with Gasteiger partial charge in [-0.15, -0.1) is 0 Å². The van der Waals surface area contributed by atoms with Crippen molar-refractivity contribution in [1.29, 1.82) is 0 Å². The molecule has 0 bridgehead atoms. The fourth-order valence-electron chi connectivity index (χ4n) is 3.20. The largest absolute Gasteiger partial charge is 0.361 e. The van der Waals surface area contributed by atoms with Crippen LogP contribution in [0.5, 0.6) is 0 Å². The summed E-state index contributed by atoms with van der Waals surface area (Å²) < 4.78 is 5.17. The minimum Gasteiger partial charge on any atom is -0.361 e. The first-order chi connectivity index (χ1) is 10.5. The zero-order valence-electron chi connectivity index (χ0n) is 13.3. The Morgan fingerprint density at radius 3 is 2.50 bits per heavy atom. The van der Waals surface area contributed by atoms with Crippen molar-refractivity contribution in [2.45, 2.75) is 46.1 Å². The van der Waals surface area contributed by atoms with Gasteiger partial charge >= 0.3 is 0 Å². The van der Waals surface area contributed by atoms with Crippen LogP contribution in [0.4, 0.5) is 0 Å². The van der Waals surface area contributed by atoms with Gasteiger partial charge < -0.3 is 9.84 Å². The molecule has 1 aromatic heterocycles. The third kappa shape index (κ3) is 2.91. The van der Waals surface area contributed by atoms with Crippen molar-refractivity contribution in [3.05, 3.63) is 52.4 Å². The Morgan fingerprint density at radius 2 is 1.95 bits per heavy atom. The second-order valence-electron chi connectivity index (χ2n) is 6.29. The molecule has 1 aromatic carbocycles. The van der Waals surface area contributed by atoms with Gasteiger partial charge in [0.2, 0.25) is 5.91 Å². The standard InChI is InChI=1S/C18H22N2O2/c1-11(8-17-12(2)20-22-13(17)3)18(21)19-16-9-14-6-4-5-7-15(14)10-16/h4-7,11,16H,8-10H2,1-3H3,(H,19,21)/t11-/m1/s1. The molecule has 0 saturated carbocycles. The monoisotopic (exact) mass is 298 g/mol. The van der Waals surface area contributed by atoms with Gasteiger partial charge in [0.15, 0.2) is 0 Å². The predicted octanol–water partition coefficient (Wildman–Crippen LogP) is 2.75. The number of fused-ring (bicyclic) bond motifs is 1. The minimum absolute atomic E-state index is 0.0829. The predicted molar refractivity (Wildman–Crippen MR) is 84.6 cm³/mol. The van der Waals surface area contributed by atoms with Crippen molar-refractivity contribution in [2.24, 2.45) is 5.92 Å². The molecule has 0 saturated heterocycles. The highest BCUT2D eigenvalue weighted by Crippen LogP contribution is 2.22. The summed E-state index contributed by atoms with van der Waals surface area (Å²) in [6, 6.07) is 8.63. The lowest BCUT2D eigenvalue weighted by molar-refractivity contribution is -0.125. The number of amides is 1. The molecule has 22 heavy (non-hydrogen) atoms. The Labute approximate surface area is 130 Å². The highest BCUT2D eigenvalue weighted by Gasteiger charge is 2.25. The molecule has 0 spiro atoms. The van der Waals surface area contributed by atoms with E-state index in [1.54, 1.807) is 0 Å². The van der Waals surface area contributed by atoms with Crippen LogP contribution in [0.15, 0.2) is 28.8 Å². The molecule has 2 aromatic rings. The number of hydrogen-bond acceptors (Lipinski definition) is 3. The van der Waals surface area contributed by atoms with Crippen LogP contribution >= 0.6 is 0 Å². The van der Waals surface area contributed by atoms with Crippen molar-refractivity contribution >= 4 is 5.91 Å². The quantitative estimate of drug-likeness (QED) is 0.944. The van der Waals surface area contributed by atoms with Crippen molar-refractivity contribution in [3.8, 4) is 0 Å². The normalized spacial score (nSPS) is 15.6. The van der Waals surface area contributed by atoms with E-state index >= 15 is 0 Å². The lowest BCUT2D eigenvalue weighted by Gasteiger charge is -2.16. The molecule has 0 radical (unpaired) electrons. The summed E-state index contributed by atoms with van der Waals surface area (Å²) >= 11 is 0. The Morgan fingerprint density at radius 1 is 1.32 bits per heavy atom. The van der Waals surface area contributed by atoms with Crippen LogP contribution < -0.4 is 5.32 Å². The number of carbonyl (C=O) groups excluding carboxylic acids is 1. The molecule has 1 atom stereocenters. The minimum atomic E-state index is -0.0829. The number of rotatable bonds is 4. The highest BCUT2D eigenvalue weighted by molar-refractivity contribution is 5.79. The Hall–Kier alpha value is -2.10. The molecule has 4 nitrogen and oxygen atoms in total. The topological polar surface area (TPSA) is 55.1 Å². The number of carbonyl (C=O) groups is 1. The lowest BCUT2D eigenvalue weighted by atomic mass is 9.98. The van der Waals surface area contributed by atoms with E-state index in [-0.39, 0.29) is 17.9 Å². The Balaban J connectivity index is 1.59. The highest BCUT2D eigenvalue weighted by atomic mass is 16.5. The van der Waals surface area contributed by atoms with E-state index in [2.05, 4.69) is 34.7 Å². The van der Waals surface area contributed by atoms with Crippen LogP contribution in [0, 0.1) is 19.8 Å². The first-order valence-electron chi connectivity index (χ1n) is 7.83. The molecule has 0 aliphatic heterocycles. The maximum atomic E-state index is 12.4. The average Bonchev–Trinajstić information content (AvgIpc) is 3.04. The maximum absolute atomic E-state index is 12.4. The van der Waals surface area contributed by atoms with E-state index in [0.29, 0.717) is 6.42 Å². The number of nitrogens with zero attached hydrogens (tertiary/aromatic N) is 1. The van der Waals surface area contributed by atoms with Crippen LogP contribution in [0.1, 0.15) is 35.1 Å². The number of benzene rings is 1. The smallest absolute Gasteiger partial charge is 0.223 e. The summed E-state index contributed by atoms with van der Waals surface area (Å²) in [6.07, 6.45) is 2.53. The molecule has 1 amide bonds. The Bertz CT molecular complexity index is 646. The maximum Gasteiger partial charge on any atom is 0.223 e. The van der Waals surface area contributed by atoms with Gasteiger partial charge in [-0.3, -0.25) is 4.79 Å². The molecule has 3 rings (SSSR count). The third-order valence-electron chi connectivity index (χ3n) is 4.54. The van der Waals surface area contributed by atoms with Gasteiger partial charge in [0.05, 0.1) is 5.69 Å². The molecule has 4 heteroatoms. The van der Waals surface area contributed by atoms with Crippen LogP contribution in [0.25, 0.3) is 0 Å². The molecule has 116 valence electrons. The van der Waals surface area contributed by atoms with Crippen LogP contribution in [0.3, 0.4) is 0 Å². The van der Waals surface area contributed by atoms with E-state index in [1.807, 2.05) is 20.8 Å². The molecule has 1 aliphatic carbocycles. The third-order valence-corrected chi connectivity index (χ3v) is 4.54. The van der Waals surface area contributed by atoms with Gasteiger partial charge in [0.25, 0.3) is 0 Å². The van der Waals surface area contributed by atoms with Gasteiger partial charge in [-0.2, -0.15) is 0 Å². The van der Waals surface area contributed by atoms with E-state index in [1.165, 1.54) is 11.1 Å². The molecule has 1 aliphatic rings. The first kappa shape index (κ1) is 14.8. The zero-order valence-corrected chi connectivity index (χ0v) is 13.3. The number of nitrogens with one attached hydrogen (secondary N) is 1. The van der Waals surface area contributed by atoms with Crippen molar-refractivity contribution in [1.82, 2.24) is 10.5 Å². The van der Waals surface area contributed by atoms with Crippen molar-refractivity contribution in [3.63, 3.8) is 0 Å². The first-order valence-corrected chi connectivity index (χ1v) is 7.83. The van der Waals surface area contributed by atoms with Crippen molar-refractivity contribution in [2.75, 3.05) is 0 Å². The van der Waals surface area contributed by atoms with Crippen LogP contribution in [-0.4, -0.2) is 17.1 Å². The van der Waals surface area contributed by atoms with E-state index in [0.717, 1.165) is 29.9 Å². The molecular weight excluding hydrogens is 276 g/mol.